The molecule has 5 nitrogen and oxygen atoms in total. The fourth-order valence-electron chi connectivity index (χ4n) is 3.79. The Kier molecular flexibility index (Phi) is 6.00. The highest BCUT2D eigenvalue weighted by molar-refractivity contribution is 6.30. The van der Waals surface area contributed by atoms with Gasteiger partial charge < -0.3 is 15.1 Å². The first-order valence-electron chi connectivity index (χ1n) is 9.73. The van der Waals surface area contributed by atoms with Gasteiger partial charge in [-0.1, -0.05) is 35.9 Å². The normalized spacial score (nSPS) is 16.0. The number of aliphatic hydroxyl groups excluding tert-OH is 1. The Bertz CT molecular complexity index is 959. The van der Waals surface area contributed by atoms with Crippen LogP contribution in [0.1, 0.15) is 22.8 Å². The van der Waals surface area contributed by atoms with Crippen LogP contribution in [-0.4, -0.2) is 46.3 Å². The Hall–Kier alpha value is -2.60. The van der Waals surface area contributed by atoms with Crippen molar-refractivity contribution in [1.29, 1.82) is 0 Å². The molecule has 3 aromatic rings. The summed E-state index contributed by atoms with van der Waals surface area (Å²) in [6.07, 6.45) is 2.71. The number of aromatic nitrogens is 1. The average Bonchev–Trinajstić information content (AvgIpc) is 2.77. The number of piperazine rings is 1. The summed E-state index contributed by atoms with van der Waals surface area (Å²) in [7, 11) is 0. The summed E-state index contributed by atoms with van der Waals surface area (Å²) in [5.74, 6) is 0.279. The number of para-hydroxylation sites is 1. The van der Waals surface area contributed by atoms with E-state index in [2.05, 4.69) is 20.9 Å². The van der Waals surface area contributed by atoms with Crippen molar-refractivity contribution >= 4 is 17.3 Å². The molecule has 0 amide bonds. The quantitative estimate of drug-likeness (QED) is 0.670. The molecular weight excluding hydrogens is 386 g/mol. The zero-order valence-electron chi connectivity index (χ0n) is 16.1. The smallest absolute Gasteiger partial charge is 0.120 e. The van der Waals surface area contributed by atoms with Crippen LogP contribution in [0.5, 0.6) is 5.75 Å². The summed E-state index contributed by atoms with van der Waals surface area (Å²) in [6, 6.07) is 16.9. The van der Waals surface area contributed by atoms with Gasteiger partial charge in [0.25, 0.3) is 0 Å². The van der Waals surface area contributed by atoms with Crippen molar-refractivity contribution in [3.05, 3.63) is 88.7 Å². The molecule has 0 aliphatic carbocycles. The minimum atomic E-state index is -0.707. The van der Waals surface area contributed by atoms with Crippen LogP contribution in [0, 0.1) is 0 Å². The van der Waals surface area contributed by atoms with Gasteiger partial charge in [0.05, 0.1) is 0 Å². The zero-order chi connectivity index (χ0) is 20.2. The molecule has 0 spiro atoms. The van der Waals surface area contributed by atoms with Crippen LogP contribution in [0.3, 0.4) is 0 Å². The van der Waals surface area contributed by atoms with E-state index in [9.17, 15) is 10.2 Å². The van der Waals surface area contributed by atoms with E-state index in [0.717, 1.165) is 48.6 Å². The molecule has 0 saturated carbocycles. The van der Waals surface area contributed by atoms with E-state index in [1.807, 2.05) is 36.4 Å². The maximum Gasteiger partial charge on any atom is 0.120 e. The van der Waals surface area contributed by atoms with Crippen LogP contribution in [0.15, 0.2) is 67.0 Å². The van der Waals surface area contributed by atoms with Gasteiger partial charge in [-0.25, -0.2) is 0 Å². The topological polar surface area (TPSA) is 59.8 Å². The minimum Gasteiger partial charge on any atom is -0.508 e. The summed E-state index contributed by atoms with van der Waals surface area (Å²) in [5.41, 5.74) is 3.57. The van der Waals surface area contributed by atoms with E-state index in [4.69, 9.17) is 11.6 Å². The van der Waals surface area contributed by atoms with Gasteiger partial charge in [-0.15, -0.1) is 0 Å². The number of anilines is 1. The minimum absolute atomic E-state index is 0.279. The van der Waals surface area contributed by atoms with Crippen LogP contribution in [0.25, 0.3) is 0 Å². The lowest BCUT2D eigenvalue weighted by Crippen LogP contribution is -2.46. The van der Waals surface area contributed by atoms with E-state index in [1.165, 1.54) is 0 Å². The molecule has 6 heteroatoms. The molecule has 0 bridgehead atoms. The van der Waals surface area contributed by atoms with Crippen LogP contribution in [-0.2, 0) is 6.54 Å². The average molecular weight is 410 g/mol. The molecule has 29 heavy (non-hydrogen) atoms. The fourth-order valence-corrected chi connectivity index (χ4v) is 3.99. The number of phenolic OH excluding ortho intramolecular Hbond substituents is 1. The molecule has 2 heterocycles. The molecule has 2 N–H and O–H groups in total. The first-order chi connectivity index (χ1) is 14.1. The molecular formula is C23H24ClN3O2. The standard InChI is InChI=1S/C23H24ClN3O2/c24-19-7-8-22(28)18(14-19)16-26-10-12-27(13-11-26)21-6-2-1-5-20(21)23(29)17-4-3-9-25-15-17/h1-9,14-15,23,28-29H,10-13,16H2. The van der Waals surface area contributed by atoms with Crippen molar-refractivity contribution in [2.75, 3.05) is 31.1 Å². The van der Waals surface area contributed by atoms with Gasteiger partial charge in [0.15, 0.2) is 0 Å². The lowest BCUT2D eigenvalue weighted by molar-refractivity contribution is 0.218. The van der Waals surface area contributed by atoms with Crippen molar-refractivity contribution < 1.29 is 10.2 Å². The highest BCUT2D eigenvalue weighted by Gasteiger charge is 2.23. The third-order valence-corrected chi connectivity index (χ3v) is 5.62. The van der Waals surface area contributed by atoms with Gasteiger partial charge in [-0.05, 0) is 30.3 Å². The van der Waals surface area contributed by atoms with Crippen molar-refractivity contribution in [1.82, 2.24) is 9.88 Å². The lowest BCUT2D eigenvalue weighted by atomic mass is 10.00. The molecule has 1 atom stereocenters. The van der Waals surface area contributed by atoms with Crippen molar-refractivity contribution in [3.63, 3.8) is 0 Å². The molecule has 4 rings (SSSR count). The molecule has 1 unspecified atom stereocenters. The lowest BCUT2D eigenvalue weighted by Gasteiger charge is -2.37. The highest BCUT2D eigenvalue weighted by atomic mass is 35.5. The second kappa shape index (κ2) is 8.82. The Morgan fingerprint density at radius 3 is 2.55 bits per heavy atom. The van der Waals surface area contributed by atoms with E-state index in [1.54, 1.807) is 24.5 Å². The largest absolute Gasteiger partial charge is 0.508 e. The van der Waals surface area contributed by atoms with E-state index < -0.39 is 6.10 Å². The Balaban J connectivity index is 1.46. The predicted octanol–water partition coefficient (Wildman–Crippen LogP) is 3.84. The Morgan fingerprint density at radius 2 is 1.79 bits per heavy atom. The van der Waals surface area contributed by atoms with Gasteiger partial charge in [0.2, 0.25) is 0 Å². The summed E-state index contributed by atoms with van der Waals surface area (Å²) in [6.45, 7) is 4.09. The molecule has 1 aliphatic rings. The molecule has 2 aromatic carbocycles. The third kappa shape index (κ3) is 4.53. The molecule has 150 valence electrons. The number of halogens is 1. The molecule has 1 aliphatic heterocycles. The molecule has 0 radical (unpaired) electrons. The number of aromatic hydroxyl groups is 1. The van der Waals surface area contributed by atoms with Gasteiger partial charge in [0.1, 0.15) is 11.9 Å². The summed E-state index contributed by atoms with van der Waals surface area (Å²) in [4.78, 5) is 8.74. The molecule has 1 saturated heterocycles. The maximum atomic E-state index is 10.9. The first kappa shape index (κ1) is 19.7. The molecule has 1 aromatic heterocycles. The summed E-state index contributed by atoms with van der Waals surface area (Å²) >= 11 is 6.07. The number of rotatable bonds is 5. The van der Waals surface area contributed by atoms with E-state index in [-0.39, 0.29) is 5.75 Å². The van der Waals surface area contributed by atoms with Crippen molar-refractivity contribution in [2.45, 2.75) is 12.6 Å². The van der Waals surface area contributed by atoms with Crippen molar-refractivity contribution in [3.8, 4) is 5.75 Å². The number of aliphatic hydroxyl groups is 1. The van der Waals surface area contributed by atoms with Crippen LogP contribution < -0.4 is 4.90 Å². The van der Waals surface area contributed by atoms with Gasteiger partial charge in [-0.2, -0.15) is 0 Å². The van der Waals surface area contributed by atoms with Crippen LogP contribution in [0.4, 0.5) is 5.69 Å². The SMILES string of the molecule is Oc1ccc(Cl)cc1CN1CCN(c2ccccc2C(O)c2cccnc2)CC1. The number of pyridine rings is 1. The summed E-state index contributed by atoms with van der Waals surface area (Å²) in [5, 5.41) is 21.6. The Morgan fingerprint density at radius 1 is 1.00 bits per heavy atom. The number of phenols is 1. The highest BCUT2D eigenvalue weighted by Crippen LogP contribution is 2.31. The van der Waals surface area contributed by atoms with Crippen LogP contribution >= 0.6 is 11.6 Å². The number of hydrogen-bond acceptors (Lipinski definition) is 5. The van der Waals surface area contributed by atoms with E-state index in [0.29, 0.717) is 11.6 Å². The monoisotopic (exact) mass is 409 g/mol. The maximum absolute atomic E-state index is 10.9. The number of benzene rings is 2. The van der Waals surface area contributed by atoms with Gasteiger partial charge in [0, 0.05) is 72.5 Å². The van der Waals surface area contributed by atoms with E-state index >= 15 is 0 Å². The second-order valence-corrected chi connectivity index (χ2v) is 7.72. The zero-order valence-corrected chi connectivity index (χ0v) is 16.8. The third-order valence-electron chi connectivity index (χ3n) is 5.38. The van der Waals surface area contributed by atoms with Gasteiger partial charge >= 0.3 is 0 Å². The molecule has 1 fully saturated rings. The first-order valence-corrected chi connectivity index (χ1v) is 10.1. The Labute approximate surface area is 175 Å². The summed E-state index contributed by atoms with van der Waals surface area (Å²) < 4.78 is 0. The van der Waals surface area contributed by atoms with Crippen molar-refractivity contribution in [2.24, 2.45) is 0 Å². The number of nitrogens with zero attached hydrogens (tertiary/aromatic N) is 3. The number of hydrogen-bond donors (Lipinski definition) is 2. The predicted molar refractivity (Wildman–Crippen MR) is 115 cm³/mol. The van der Waals surface area contributed by atoms with Crippen LogP contribution in [0.2, 0.25) is 5.02 Å². The van der Waals surface area contributed by atoms with Gasteiger partial charge in [-0.3, -0.25) is 9.88 Å². The second-order valence-electron chi connectivity index (χ2n) is 7.28. The fraction of sp³-hybridized carbons (Fsp3) is 0.261.